The summed E-state index contributed by atoms with van der Waals surface area (Å²) in [5.41, 5.74) is 7.18. The van der Waals surface area contributed by atoms with Crippen molar-refractivity contribution in [3.63, 3.8) is 0 Å². The van der Waals surface area contributed by atoms with Crippen LogP contribution in [0, 0.1) is 11.3 Å². The van der Waals surface area contributed by atoms with E-state index in [1.54, 1.807) is 6.07 Å². The van der Waals surface area contributed by atoms with Gasteiger partial charge in [0.1, 0.15) is 0 Å². The Labute approximate surface area is 76.2 Å². The lowest BCUT2D eigenvalue weighted by Crippen LogP contribution is -1.86. The zero-order valence-electron chi connectivity index (χ0n) is 6.99. The van der Waals surface area contributed by atoms with Crippen molar-refractivity contribution in [1.29, 1.82) is 5.26 Å². The maximum Gasteiger partial charge on any atom is 0.0991 e. The van der Waals surface area contributed by atoms with Crippen LogP contribution in [0.25, 0.3) is 10.8 Å². The van der Waals surface area contributed by atoms with Gasteiger partial charge in [-0.1, -0.05) is 18.2 Å². The summed E-state index contributed by atoms with van der Waals surface area (Å²) in [4.78, 5) is 0. The Morgan fingerprint density at radius 2 is 2.00 bits per heavy atom. The molecule has 2 heteroatoms. The lowest BCUT2D eigenvalue weighted by molar-refractivity contribution is 1.50. The van der Waals surface area contributed by atoms with E-state index in [2.05, 4.69) is 6.07 Å². The van der Waals surface area contributed by atoms with Crippen molar-refractivity contribution in [3.8, 4) is 6.07 Å². The van der Waals surface area contributed by atoms with Crippen LogP contribution in [0.5, 0.6) is 0 Å². The highest BCUT2D eigenvalue weighted by molar-refractivity contribution is 5.93. The van der Waals surface area contributed by atoms with E-state index in [0.29, 0.717) is 5.56 Å². The topological polar surface area (TPSA) is 49.8 Å². The van der Waals surface area contributed by atoms with Gasteiger partial charge in [-0.05, 0) is 23.6 Å². The minimum atomic E-state index is 0.665. The summed E-state index contributed by atoms with van der Waals surface area (Å²) in [6, 6.07) is 13.3. The predicted molar refractivity (Wildman–Crippen MR) is 53.1 cm³/mol. The monoisotopic (exact) mass is 168 g/mol. The second-order valence-electron chi connectivity index (χ2n) is 2.89. The van der Waals surface area contributed by atoms with Gasteiger partial charge in [0.15, 0.2) is 0 Å². The zero-order valence-corrected chi connectivity index (χ0v) is 6.99. The van der Waals surface area contributed by atoms with Crippen molar-refractivity contribution in [3.05, 3.63) is 42.0 Å². The molecule has 2 aromatic carbocycles. The Morgan fingerprint density at radius 3 is 2.77 bits per heavy atom. The summed E-state index contributed by atoms with van der Waals surface area (Å²) in [7, 11) is 0. The van der Waals surface area contributed by atoms with Gasteiger partial charge in [-0.3, -0.25) is 0 Å². The molecule has 0 saturated carbocycles. The number of nitrogens with zero attached hydrogens (tertiary/aromatic N) is 1. The number of nitrogen functional groups attached to an aromatic ring is 1. The number of fused-ring (bicyclic) bond motifs is 1. The quantitative estimate of drug-likeness (QED) is 0.613. The minimum absolute atomic E-state index is 0.665. The molecular weight excluding hydrogens is 160 g/mol. The van der Waals surface area contributed by atoms with Gasteiger partial charge in [0.05, 0.1) is 11.6 Å². The number of benzene rings is 2. The molecule has 0 amide bonds. The second-order valence-corrected chi connectivity index (χ2v) is 2.89. The third-order valence-corrected chi connectivity index (χ3v) is 2.04. The highest BCUT2D eigenvalue weighted by Gasteiger charge is 1.97. The fourth-order valence-corrected chi connectivity index (χ4v) is 1.38. The second kappa shape index (κ2) is 2.80. The molecule has 0 heterocycles. The van der Waals surface area contributed by atoms with Gasteiger partial charge in [-0.25, -0.2) is 0 Å². The molecular formula is C11H8N2. The number of anilines is 1. The maximum absolute atomic E-state index is 8.69. The average molecular weight is 168 g/mol. The Hall–Kier alpha value is -2.01. The van der Waals surface area contributed by atoms with E-state index < -0.39 is 0 Å². The SMILES string of the molecule is N#Cc1ccc2c(N)cccc2c1. The molecule has 0 aliphatic carbocycles. The van der Waals surface area contributed by atoms with Crippen molar-refractivity contribution in [2.75, 3.05) is 5.73 Å². The normalized spacial score (nSPS) is 9.77. The fourth-order valence-electron chi connectivity index (χ4n) is 1.38. The van der Waals surface area contributed by atoms with Crippen molar-refractivity contribution < 1.29 is 0 Å². The van der Waals surface area contributed by atoms with Gasteiger partial charge < -0.3 is 5.73 Å². The lowest BCUT2D eigenvalue weighted by Gasteiger charge is -2.00. The standard InChI is InChI=1S/C11H8N2/c12-7-8-4-5-10-9(6-8)2-1-3-11(10)13/h1-6H,13H2. The Kier molecular flexibility index (Phi) is 1.64. The van der Waals surface area contributed by atoms with Gasteiger partial charge in [0.25, 0.3) is 0 Å². The largest absolute Gasteiger partial charge is 0.398 e. The first-order valence-corrected chi connectivity index (χ1v) is 3.99. The molecule has 2 nitrogen and oxygen atoms in total. The molecule has 62 valence electrons. The summed E-state index contributed by atoms with van der Waals surface area (Å²) in [6.45, 7) is 0. The summed E-state index contributed by atoms with van der Waals surface area (Å²) < 4.78 is 0. The van der Waals surface area contributed by atoms with Crippen LogP contribution < -0.4 is 5.73 Å². The molecule has 0 unspecified atom stereocenters. The average Bonchev–Trinajstić information content (AvgIpc) is 2.18. The van der Waals surface area contributed by atoms with E-state index in [1.165, 1.54) is 0 Å². The number of hydrogen-bond donors (Lipinski definition) is 1. The Morgan fingerprint density at radius 1 is 1.15 bits per heavy atom. The first-order valence-electron chi connectivity index (χ1n) is 3.99. The van der Waals surface area contributed by atoms with Crippen LogP contribution in [0.3, 0.4) is 0 Å². The van der Waals surface area contributed by atoms with Gasteiger partial charge in [0.2, 0.25) is 0 Å². The molecule has 0 bridgehead atoms. The van der Waals surface area contributed by atoms with Crippen molar-refractivity contribution in [2.24, 2.45) is 0 Å². The molecule has 13 heavy (non-hydrogen) atoms. The summed E-state index contributed by atoms with van der Waals surface area (Å²) >= 11 is 0. The lowest BCUT2D eigenvalue weighted by atomic mass is 10.1. The number of rotatable bonds is 0. The van der Waals surface area contributed by atoms with Crippen molar-refractivity contribution >= 4 is 16.5 Å². The van der Waals surface area contributed by atoms with Crippen LogP contribution in [0.4, 0.5) is 5.69 Å². The molecule has 0 aliphatic rings. The van der Waals surface area contributed by atoms with Crippen LogP contribution >= 0.6 is 0 Å². The van der Waals surface area contributed by atoms with E-state index in [0.717, 1.165) is 16.5 Å². The minimum Gasteiger partial charge on any atom is -0.398 e. The van der Waals surface area contributed by atoms with Crippen LogP contribution in [-0.4, -0.2) is 0 Å². The number of nitriles is 1. The maximum atomic E-state index is 8.69. The Bertz CT molecular complexity index is 495. The molecule has 2 rings (SSSR count). The molecule has 0 fully saturated rings. The van der Waals surface area contributed by atoms with E-state index in [1.807, 2.05) is 30.3 Å². The summed E-state index contributed by atoms with van der Waals surface area (Å²) in [6.07, 6.45) is 0. The van der Waals surface area contributed by atoms with Crippen LogP contribution in [-0.2, 0) is 0 Å². The number of hydrogen-bond acceptors (Lipinski definition) is 2. The summed E-state index contributed by atoms with van der Waals surface area (Å²) in [5.74, 6) is 0. The van der Waals surface area contributed by atoms with E-state index >= 15 is 0 Å². The molecule has 0 spiro atoms. The predicted octanol–water partition coefficient (Wildman–Crippen LogP) is 2.29. The highest BCUT2D eigenvalue weighted by atomic mass is 14.5. The van der Waals surface area contributed by atoms with Crippen molar-refractivity contribution in [1.82, 2.24) is 0 Å². The van der Waals surface area contributed by atoms with Gasteiger partial charge in [0, 0.05) is 11.1 Å². The van der Waals surface area contributed by atoms with E-state index in [-0.39, 0.29) is 0 Å². The van der Waals surface area contributed by atoms with Crippen LogP contribution in [0.1, 0.15) is 5.56 Å². The molecule has 0 saturated heterocycles. The number of nitrogens with two attached hydrogens (primary N) is 1. The molecule has 2 N–H and O–H groups in total. The molecule has 0 aromatic heterocycles. The smallest absolute Gasteiger partial charge is 0.0991 e. The van der Waals surface area contributed by atoms with E-state index in [9.17, 15) is 0 Å². The molecule has 0 aliphatic heterocycles. The Balaban J connectivity index is 2.82. The van der Waals surface area contributed by atoms with Crippen LogP contribution in [0.15, 0.2) is 36.4 Å². The molecule has 0 atom stereocenters. The van der Waals surface area contributed by atoms with Gasteiger partial charge in [-0.15, -0.1) is 0 Å². The third kappa shape index (κ3) is 1.21. The van der Waals surface area contributed by atoms with Gasteiger partial charge in [-0.2, -0.15) is 5.26 Å². The van der Waals surface area contributed by atoms with Crippen molar-refractivity contribution in [2.45, 2.75) is 0 Å². The van der Waals surface area contributed by atoms with Crippen LogP contribution in [0.2, 0.25) is 0 Å². The highest BCUT2D eigenvalue weighted by Crippen LogP contribution is 2.21. The molecule has 0 radical (unpaired) electrons. The van der Waals surface area contributed by atoms with E-state index in [4.69, 9.17) is 11.0 Å². The first-order chi connectivity index (χ1) is 6.31. The third-order valence-electron chi connectivity index (χ3n) is 2.04. The molecule has 2 aromatic rings. The van der Waals surface area contributed by atoms with Gasteiger partial charge >= 0.3 is 0 Å². The first kappa shape index (κ1) is 7.63. The fraction of sp³-hybridized carbons (Fsp3) is 0. The zero-order chi connectivity index (χ0) is 9.26. The summed E-state index contributed by atoms with van der Waals surface area (Å²) in [5, 5.41) is 10.7.